The van der Waals surface area contributed by atoms with E-state index in [1.165, 1.54) is 7.11 Å². The van der Waals surface area contributed by atoms with Crippen LogP contribution in [0.3, 0.4) is 0 Å². The third-order valence-corrected chi connectivity index (χ3v) is 3.80. The number of benzene rings is 1. The number of ether oxygens (including phenoxy) is 3. The van der Waals surface area contributed by atoms with Gasteiger partial charge in [0.1, 0.15) is 6.79 Å². The van der Waals surface area contributed by atoms with Gasteiger partial charge < -0.3 is 19.5 Å². The zero-order valence-corrected chi connectivity index (χ0v) is 15.6. The van der Waals surface area contributed by atoms with Gasteiger partial charge in [-0.3, -0.25) is 14.8 Å². The summed E-state index contributed by atoms with van der Waals surface area (Å²) in [6.45, 7) is 2.64. The minimum absolute atomic E-state index is 0.0744. The molecule has 1 rings (SSSR count). The second-order valence-corrected chi connectivity index (χ2v) is 5.96. The van der Waals surface area contributed by atoms with Crippen LogP contribution in [-0.4, -0.2) is 56.8 Å². The fourth-order valence-corrected chi connectivity index (χ4v) is 2.38. The third kappa shape index (κ3) is 8.11. The molecule has 0 aliphatic heterocycles. The van der Waals surface area contributed by atoms with Crippen LogP contribution in [0.4, 0.5) is 0 Å². The summed E-state index contributed by atoms with van der Waals surface area (Å²) in [4.78, 5) is 24.2. The monoisotopic (exact) mass is 388 g/mol. The summed E-state index contributed by atoms with van der Waals surface area (Å²) in [5.74, 6) is -1.58. The lowest BCUT2D eigenvalue weighted by atomic mass is 10.00. The summed E-state index contributed by atoms with van der Waals surface area (Å²) in [6.07, 6.45) is 0.214. The first-order chi connectivity index (χ1) is 12.5. The largest absolute Gasteiger partial charge is 0.384 e. The molecule has 0 unspecified atom stereocenters. The predicted molar refractivity (Wildman–Crippen MR) is 95.1 cm³/mol. The van der Waals surface area contributed by atoms with E-state index in [0.29, 0.717) is 17.2 Å². The second-order valence-electron chi connectivity index (χ2n) is 5.52. The zero-order valence-electron chi connectivity index (χ0n) is 14.9. The van der Waals surface area contributed by atoms with Gasteiger partial charge in [0.25, 0.3) is 5.91 Å². The highest BCUT2D eigenvalue weighted by atomic mass is 35.5. The highest BCUT2D eigenvalue weighted by Gasteiger charge is 2.24. The second kappa shape index (κ2) is 12.6. The van der Waals surface area contributed by atoms with Gasteiger partial charge in [0.15, 0.2) is 0 Å². The maximum absolute atomic E-state index is 12.4. The number of hydrogen-bond acceptors (Lipinski definition) is 6. The number of hydroxylamine groups is 1. The van der Waals surface area contributed by atoms with Crippen molar-refractivity contribution in [2.75, 3.05) is 33.7 Å². The summed E-state index contributed by atoms with van der Waals surface area (Å²) >= 11 is 5.83. The average molecular weight is 389 g/mol. The molecule has 1 aromatic carbocycles. The third-order valence-electron chi connectivity index (χ3n) is 3.55. The van der Waals surface area contributed by atoms with E-state index in [4.69, 9.17) is 31.0 Å². The Hall–Kier alpha value is -1.71. The van der Waals surface area contributed by atoms with Crippen LogP contribution in [0.2, 0.25) is 5.02 Å². The Morgan fingerprint density at radius 3 is 2.46 bits per heavy atom. The Morgan fingerprint density at radius 2 is 1.88 bits per heavy atom. The molecule has 9 heteroatoms. The standard InChI is InChI=1S/C17H25ClN2O6/c1-3-25-11-26-10-15(8-13(9-24-2)17(22)20-23)19-16(21)12-4-6-14(18)7-5-12/h4-7,13,15,23H,3,8-11H2,1-2H3,(H,19,21)(H,20,22)/t13-,15+/m1/s1. The van der Waals surface area contributed by atoms with Gasteiger partial charge in [0.05, 0.1) is 25.2 Å². The average Bonchev–Trinajstić information content (AvgIpc) is 2.64. The van der Waals surface area contributed by atoms with Crippen LogP contribution >= 0.6 is 11.6 Å². The van der Waals surface area contributed by atoms with Crippen molar-refractivity contribution in [1.82, 2.24) is 10.8 Å². The van der Waals surface area contributed by atoms with Gasteiger partial charge in [-0.05, 0) is 37.6 Å². The van der Waals surface area contributed by atoms with E-state index in [2.05, 4.69) is 5.32 Å². The number of methoxy groups -OCH3 is 1. The van der Waals surface area contributed by atoms with E-state index in [-0.39, 0.29) is 32.3 Å². The van der Waals surface area contributed by atoms with Crippen molar-refractivity contribution >= 4 is 23.4 Å². The van der Waals surface area contributed by atoms with Crippen molar-refractivity contribution < 1.29 is 29.0 Å². The van der Waals surface area contributed by atoms with Crippen molar-refractivity contribution in [2.45, 2.75) is 19.4 Å². The first kappa shape index (κ1) is 22.3. The van der Waals surface area contributed by atoms with Crippen LogP contribution in [0.25, 0.3) is 0 Å². The Balaban J connectivity index is 2.76. The van der Waals surface area contributed by atoms with Crippen LogP contribution in [0.15, 0.2) is 24.3 Å². The molecule has 0 fully saturated rings. The molecular weight excluding hydrogens is 364 g/mol. The van der Waals surface area contributed by atoms with Gasteiger partial charge in [-0.1, -0.05) is 11.6 Å². The van der Waals surface area contributed by atoms with E-state index < -0.39 is 17.9 Å². The molecule has 0 radical (unpaired) electrons. The Bertz CT molecular complexity index is 555. The topological polar surface area (TPSA) is 106 Å². The highest BCUT2D eigenvalue weighted by Crippen LogP contribution is 2.12. The van der Waals surface area contributed by atoms with Gasteiger partial charge in [0, 0.05) is 24.3 Å². The van der Waals surface area contributed by atoms with Gasteiger partial charge in [-0.25, -0.2) is 5.48 Å². The normalized spacial score (nSPS) is 13.1. The molecule has 8 nitrogen and oxygen atoms in total. The molecule has 0 spiro atoms. The molecule has 26 heavy (non-hydrogen) atoms. The van der Waals surface area contributed by atoms with Crippen LogP contribution in [0.1, 0.15) is 23.7 Å². The summed E-state index contributed by atoms with van der Waals surface area (Å²) in [6, 6.07) is 5.94. The Kier molecular flexibility index (Phi) is 10.8. The van der Waals surface area contributed by atoms with Crippen molar-refractivity contribution in [1.29, 1.82) is 0 Å². The molecule has 1 aromatic rings. The molecule has 3 N–H and O–H groups in total. The van der Waals surface area contributed by atoms with Crippen LogP contribution in [0, 0.1) is 5.92 Å². The van der Waals surface area contributed by atoms with Crippen molar-refractivity contribution in [3.05, 3.63) is 34.9 Å². The van der Waals surface area contributed by atoms with Crippen molar-refractivity contribution in [3.8, 4) is 0 Å². The summed E-state index contributed by atoms with van der Waals surface area (Å²) in [7, 11) is 1.45. The van der Waals surface area contributed by atoms with Crippen LogP contribution in [0.5, 0.6) is 0 Å². The molecule has 0 aliphatic rings. The number of carbonyl (C=O) groups is 2. The van der Waals surface area contributed by atoms with Gasteiger partial charge in [-0.15, -0.1) is 0 Å². The number of nitrogens with one attached hydrogen (secondary N) is 2. The van der Waals surface area contributed by atoms with Crippen LogP contribution in [-0.2, 0) is 19.0 Å². The number of halogens is 1. The molecule has 2 atom stereocenters. The number of amides is 2. The summed E-state index contributed by atoms with van der Waals surface area (Å²) in [5.41, 5.74) is 2.04. The lowest BCUT2D eigenvalue weighted by molar-refractivity contribution is -0.135. The van der Waals surface area contributed by atoms with E-state index in [9.17, 15) is 9.59 Å². The van der Waals surface area contributed by atoms with E-state index in [0.717, 1.165) is 0 Å². The maximum atomic E-state index is 12.4. The lowest BCUT2D eigenvalue weighted by Gasteiger charge is -2.23. The maximum Gasteiger partial charge on any atom is 0.251 e. The number of rotatable bonds is 12. The minimum Gasteiger partial charge on any atom is -0.384 e. The Morgan fingerprint density at radius 1 is 1.19 bits per heavy atom. The highest BCUT2D eigenvalue weighted by molar-refractivity contribution is 6.30. The van der Waals surface area contributed by atoms with E-state index in [1.54, 1.807) is 29.7 Å². The predicted octanol–water partition coefficient (Wildman–Crippen LogP) is 1.61. The van der Waals surface area contributed by atoms with Crippen molar-refractivity contribution in [2.24, 2.45) is 5.92 Å². The Labute approximate surface area is 157 Å². The molecule has 2 amide bonds. The van der Waals surface area contributed by atoms with E-state index in [1.807, 2.05) is 6.92 Å². The van der Waals surface area contributed by atoms with Crippen molar-refractivity contribution in [3.63, 3.8) is 0 Å². The molecule has 0 heterocycles. The SMILES string of the molecule is CCOCOC[C@H](C[C@H](COC)C(=O)NO)NC(=O)c1ccc(Cl)cc1. The molecule has 0 aromatic heterocycles. The molecule has 0 saturated heterocycles. The number of hydrogen-bond donors (Lipinski definition) is 3. The lowest BCUT2D eigenvalue weighted by Crippen LogP contribution is -2.43. The van der Waals surface area contributed by atoms with Crippen LogP contribution < -0.4 is 10.8 Å². The number of carbonyl (C=O) groups excluding carboxylic acids is 2. The molecule has 0 bridgehead atoms. The molecular formula is C17H25ClN2O6. The first-order valence-corrected chi connectivity index (χ1v) is 8.54. The molecule has 146 valence electrons. The van der Waals surface area contributed by atoms with Gasteiger partial charge in [-0.2, -0.15) is 0 Å². The smallest absolute Gasteiger partial charge is 0.251 e. The summed E-state index contributed by atoms with van der Waals surface area (Å²) in [5, 5.41) is 12.2. The zero-order chi connectivity index (χ0) is 19.4. The summed E-state index contributed by atoms with van der Waals surface area (Å²) < 4.78 is 15.5. The molecule has 0 saturated carbocycles. The minimum atomic E-state index is -0.656. The fraction of sp³-hybridized carbons (Fsp3) is 0.529. The quantitative estimate of drug-likeness (QED) is 0.217. The van der Waals surface area contributed by atoms with Gasteiger partial charge >= 0.3 is 0 Å². The molecule has 0 aliphatic carbocycles. The fourth-order valence-electron chi connectivity index (χ4n) is 2.26. The van der Waals surface area contributed by atoms with Gasteiger partial charge in [0.2, 0.25) is 5.91 Å². The first-order valence-electron chi connectivity index (χ1n) is 8.16. The van der Waals surface area contributed by atoms with E-state index >= 15 is 0 Å².